The summed E-state index contributed by atoms with van der Waals surface area (Å²) in [6, 6.07) is 8.88. The highest BCUT2D eigenvalue weighted by atomic mass is 15.3. The monoisotopic (exact) mass is 258 g/mol. The molecule has 1 aliphatic heterocycles. The summed E-state index contributed by atoms with van der Waals surface area (Å²) in [5.41, 5.74) is 8.41. The van der Waals surface area contributed by atoms with Crippen LogP contribution in [0.3, 0.4) is 0 Å². The Morgan fingerprint density at radius 1 is 1.32 bits per heavy atom. The van der Waals surface area contributed by atoms with E-state index in [1.807, 2.05) is 6.07 Å². The number of hydrogen-bond donors (Lipinski definition) is 1. The van der Waals surface area contributed by atoms with Gasteiger partial charge in [0.1, 0.15) is 0 Å². The summed E-state index contributed by atoms with van der Waals surface area (Å²) in [5, 5.41) is 0. The fourth-order valence-electron chi connectivity index (χ4n) is 3.14. The Hall–Kier alpha value is -1.55. The number of benzene rings is 1. The molecule has 0 aliphatic carbocycles. The topological polar surface area (TPSA) is 47.1 Å². The van der Waals surface area contributed by atoms with Crippen LogP contribution in [0.1, 0.15) is 26.2 Å². The molecule has 1 saturated heterocycles. The first-order chi connectivity index (χ1) is 9.18. The molecule has 4 nitrogen and oxygen atoms in total. The predicted octanol–water partition coefficient (Wildman–Crippen LogP) is 2.28. The van der Waals surface area contributed by atoms with Gasteiger partial charge in [-0.2, -0.15) is 0 Å². The number of rotatable bonds is 2. The minimum absolute atomic E-state index is 0.181. The predicted molar refractivity (Wildman–Crippen MR) is 79.3 cm³/mol. The molecule has 2 atom stereocenters. The number of nitrogens with two attached hydrogens (primary N) is 1. The van der Waals surface area contributed by atoms with Crippen molar-refractivity contribution in [3.8, 4) is 0 Å². The van der Waals surface area contributed by atoms with Crippen LogP contribution in [0.4, 0.5) is 5.95 Å². The molecule has 1 aromatic heterocycles. The fourth-order valence-corrected chi connectivity index (χ4v) is 3.14. The number of aromatic nitrogens is 2. The van der Waals surface area contributed by atoms with Crippen LogP contribution in [0.25, 0.3) is 11.0 Å². The van der Waals surface area contributed by atoms with Crippen molar-refractivity contribution in [2.24, 2.45) is 12.8 Å². The van der Waals surface area contributed by atoms with Gasteiger partial charge in [0.15, 0.2) is 0 Å². The molecule has 4 heteroatoms. The summed E-state index contributed by atoms with van der Waals surface area (Å²) >= 11 is 0. The normalized spacial score (nSPS) is 21.8. The molecule has 1 aliphatic rings. The largest absolute Gasteiger partial charge is 0.338 e. The van der Waals surface area contributed by atoms with Gasteiger partial charge in [-0.1, -0.05) is 12.1 Å². The SMILES string of the molecule is CC(N)C1CCCCN1c1nc2ccccc2n1C. The van der Waals surface area contributed by atoms with Crippen LogP contribution in [-0.4, -0.2) is 28.2 Å². The summed E-state index contributed by atoms with van der Waals surface area (Å²) in [6.07, 6.45) is 3.67. The van der Waals surface area contributed by atoms with E-state index in [1.165, 1.54) is 24.8 Å². The number of imidazole rings is 1. The lowest BCUT2D eigenvalue weighted by molar-refractivity contribution is 0.406. The first kappa shape index (κ1) is 12.5. The van der Waals surface area contributed by atoms with Gasteiger partial charge in [-0.25, -0.2) is 4.98 Å². The third-order valence-corrected chi connectivity index (χ3v) is 4.18. The zero-order valence-corrected chi connectivity index (χ0v) is 11.7. The second-order valence-corrected chi connectivity index (χ2v) is 5.58. The number of anilines is 1. The number of fused-ring (bicyclic) bond motifs is 1. The van der Waals surface area contributed by atoms with E-state index < -0.39 is 0 Å². The molecule has 1 fully saturated rings. The summed E-state index contributed by atoms with van der Waals surface area (Å²) < 4.78 is 2.19. The van der Waals surface area contributed by atoms with Gasteiger partial charge in [0.2, 0.25) is 5.95 Å². The second-order valence-electron chi connectivity index (χ2n) is 5.58. The van der Waals surface area contributed by atoms with E-state index in [9.17, 15) is 0 Å². The molecule has 1 aromatic carbocycles. The van der Waals surface area contributed by atoms with E-state index in [1.54, 1.807) is 0 Å². The van der Waals surface area contributed by atoms with Crippen LogP contribution < -0.4 is 10.6 Å². The number of para-hydroxylation sites is 2. The molecule has 0 amide bonds. The Morgan fingerprint density at radius 3 is 2.84 bits per heavy atom. The minimum atomic E-state index is 0.181. The van der Waals surface area contributed by atoms with Crippen molar-refractivity contribution >= 4 is 17.0 Å². The Kier molecular flexibility index (Phi) is 3.19. The highest BCUT2D eigenvalue weighted by Gasteiger charge is 2.28. The molecule has 102 valence electrons. The van der Waals surface area contributed by atoms with Crippen molar-refractivity contribution in [2.45, 2.75) is 38.3 Å². The van der Waals surface area contributed by atoms with Gasteiger partial charge < -0.3 is 15.2 Å². The number of piperidine rings is 1. The standard InChI is InChI=1S/C15H22N4/c1-11(16)13-8-5-6-10-19(13)15-17-12-7-3-4-9-14(12)18(15)2/h3-4,7,9,11,13H,5-6,8,10,16H2,1-2H3. The zero-order chi connectivity index (χ0) is 13.4. The molecule has 2 unspecified atom stereocenters. The average Bonchev–Trinajstić information content (AvgIpc) is 2.76. The van der Waals surface area contributed by atoms with Gasteiger partial charge in [0.25, 0.3) is 0 Å². The van der Waals surface area contributed by atoms with Crippen molar-refractivity contribution in [3.63, 3.8) is 0 Å². The summed E-state index contributed by atoms with van der Waals surface area (Å²) in [6.45, 7) is 3.16. The maximum absolute atomic E-state index is 6.16. The maximum Gasteiger partial charge on any atom is 0.206 e. The summed E-state index contributed by atoms with van der Waals surface area (Å²) in [5.74, 6) is 1.06. The number of aryl methyl sites for hydroxylation is 1. The van der Waals surface area contributed by atoms with Crippen LogP contribution in [0.15, 0.2) is 24.3 Å². The molecule has 0 bridgehead atoms. The van der Waals surface area contributed by atoms with E-state index in [0.717, 1.165) is 18.0 Å². The van der Waals surface area contributed by atoms with Crippen LogP contribution in [0.2, 0.25) is 0 Å². The summed E-state index contributed by atoms with van der Waals surface area (Å²) in [4.78, 5) is 7.20. The molecule has 2 heterocycles. The van der Waals surface area contributed by atoms with Gasteiger partial charge in [-0.15, -0.1) is 0 Å². The first-order valence-corrected chi connectivity index (χ1v) is 7.12. The third-order valence-electron chi connectivity index (χ3n) is 4.18. The van der Waals surface area contributed by atoms with Gasteiger partial charge in [-0.3, -0.25) is 0 Å². The van der Waals surface area contributed by atoms with Gasteiger partial charge >= 0.3 is 0 Å². The van der Waals surface area contributed by atoms with E-state index in [2.05, 4.69) is 41.6 Å². The van der Waals surface area contributed by atoms with Gasteiger partial charge in [-0.05, 0) is 38.3 Å². The van der Waals surface area contributed by atoms with Crippen molar-refractivity contribution in [2.75, 3.05) is 11.4 Å². The molecular weight excluding hydrogens is 236 g/mol. The third kappa shape index (κ3) is 2.10. The molecule has 2 aromatic rings. The molecule has 2 N–H and O–H groups in total. The molecule has 0 saturated carbocycles. The van der Waals surface area contributed by atoms with E-state index in [-0.39, 0.29) is 6.04 Å². The molecule has 3 rings (SSSR count). The minimum Gasteiger partial charge on any atom is -0.338 e. The highest BCUT2D eigenvalue weighted by Crippen LogP contribution is 2.28. The summed E-state index contributed by atoms with van der Waals surface area (Å²) in [7, 11) is 2.09. The van der Waals surface area contributed by atoms with Crippen LogP contribution in [0, 0.1) is 0 Å². The Morgan fingerprint density at radius 2 is 2.11 bits per heavy atom. The maximum atomic E-state index is 6.16. The number of nitrogens with zero attached hydrogens (tertiary/aromatic N) is 3. The lowest BCUT2D eigenvalue weighted by Crippen LogP contribution is -2.50. The quantitative estimate of drug-likeness (QED) is 0.899. The lowest BCUT2D eigenvalue weighted by atomic mass is 9.97. The van der Waals surface area contributed by atoms with Crippen LogP contribution in [0.5, 0.6) is 0 Å². The average molecular weight is 258 g/mol. The Balaban J connectivity index is 2.04. The van der Waals surface area contributed by atoms with Crippen LogP contribution in [-0.2, 0) is 7.05 Å². The van der Waals surface area contributed by atoms with Crippen LogP contribution >= 0.6 is 0 Å². The lowest BCUT2D eigenvalue weighted by Gasteiger charge is -2.38. The van der Waals surface area contributed by atoms with E-state index in [4.69, 9.17) is 10.7 Å². The molecule has 19 heavy (non-hydrogen) atoms. The Labute approximate surface area is 114 Å². The zero-order valence-electron chi connectivity index (χ0n) is 11.7. The highest BCUT2D eigenvalue weighted by molar-refractivity contribution is 5.78. The van der Waals surface area contributed by atoms with Gasteiger partial charge in [0, 0.05) is 25.7 Å². The molecule has 0 radical (unpaired) electrons. The van der Waals surface area contributed by atoms with Crippen molar-refractivity contribution in [1.29, 1.82) is 0 Å². The first-order valence-electron chi connectivity index (χ1n) is 7.12. The smallest absolute Gasteiger partial charge is 0.206 e. The van der Waals surface area contributed by atoms with Crippen molar-refractivity contribution < 1.29 is 0 Å². The van der Waals surface area contributed by atoms with E-state index >= 15 is 0 Å². The van der Waals surface area contributed by atoms with Crippen molar-refractivity contribution in [3.05, 3.63) is 24.3 Å². The van der Waals surface area contributed by atoms with E-state index in [0.29, 0.717) is 6.04 Å². The number of hydrogen-bond acceptors (Lipinski definition) is 3. The molecular formula is C15H22N4. The second kappa shape index (κ2) is 4.85. The molecule has 0 spiro atoms. The van der Waals surface area contributed by atoms with Crippen molar-refractivity contribution in [1.82, 2.24) is 9.55 Å². The Bertz CT molecular complexity index is 573. The van der Waals surface area contributed by atoms with Gasteiger partial charge in [0.05, 0.1) is 11.0 Å². The fraction of sp³-hybridized carbons (Fsp3) is 0.533.